The van der Waals surface area contributed by atoms with Gasteiger partial charge in [0.2, 0.25) is 0 Å². The third-order valence-electron chi connectivity index (χ3n) is 3.59. The lowest BCUT2D eigenvalue weighted by Crippen LogP contribution is -2.47. The molecule has 0 bridgehead atoms. The fraction of sp³-hybridized carbons (Fsp3) is 0.727. The maximum atomic E-state index is 12.1. The number of aryl methyl sites for hydroxylation is 2. The molecular formula is C11H19N3O4S. The van der Waals surface area contributed by atoms with Crippen molar-refractivity contribution in [3.8, 4) is 0 Å². The Hall–Kier alpha value is -0.960. The van der Waals surface area contributed by atoms with Gasteiger partial charge in [0.25, 0.3) is 10.0 Å². The van der Waals surface area contributed by atoms with Crippen molar-refractivity contribution in [2.24, 2.45) is 7.05 Å². The number of imidazole rings is 1. The predicted molar refractivity (Wildman–Crippen MR) is 68.1 cm³/mol. The SMILES string of the molecule is Cc1nc(S(=O)(=O)NCC2(O)CCOC2C)cn1C. The van der Waals surface area contributed by atoms with Crippen LogP contribution in [0.5, 0.6) is 0 Å². The zero-order valence-electron chi connectivity index (χ0n) is 11.3. The first-order valence-corrected chi connectivity index (χ1v) is 7.56. The zero-order valence-corrected chi connectivity index (χ0v) is 12.1. The van der Waals surface area contributed by atoms with Gasteiger partial charge in [0.1, 0.15) is 11.4 Å². The van der Waals surface area contributed by atoms with Crippen LogP contribution in [0.25, 0.3) is 0 Å². The molecule has 108 valence electrons. The summed E-state index contributed by atoms with van der Waals surface area (Å²) in [7, 11) is -1.98. The van der Waals surface area contributed by atoms with E-state index in [-0.39, 0.29) is 17.7 Å². The summed E-state index contributed by atoms with van der Waals surface area (Å²) < 4.78 is 33.4. The van der Waals surface area contributed by atoms with Crippen LogP contribution in [-0.4, -0.2) is 47.9 Å². The van der Waals surface area contributed by atoms with Crippen LogP contribution in [0.3, 0.4) is 0 Å². The van der Waals surface area contributed by atoms with Gasteiger partial charge in [-0.3, -0.25) is 0 Å². The van der Waals surface area contributed by atoms with Gasteiger partial charge in [0, 0.05) is 32.8 Å². The number of hydrogen-bond acceptors (Lipinski definition) is 5. The number of ether oxygens (including phenoxy) is 1. The van der Waals surface area contributed by atoms with E-state index in [0.29, 0.717) is 18.9 Å². The van der Waals surface area contributed by atoms with Gasteiger partial charge < -0.3 is 14.4 Å². The van der Waals surface area contributed by atoms with Crippen molar-refractivity contribution in [1.82, 2.24) is 14.3 Å². The zero-order chi connectivity index (χ0) is 14.3. The molecule has 0 amide bonds. The summed E-state index contributed by atoms with van der Waals surface area (Å²) in [6.07, 6.45) is 1.47. The van der Waals surface area contributed by atoms with Crippen molar-refractivity contribution in [3.63, 3.8) is 0 Å². The molecule has 0 aromatic carbocycles. The molecular weight excluding hydrogens is 270 g/mol. The minimum absolute atomic E-state index is 0.0392. The Morgan fingerprint density at radius 3 is 2.84 bits per heavy atom. The molecule has 2 N–H and O–H groups in total. The van der Waals surface area contributed by atoms with Gasteiger partial charge in [-0.15, -0.1) is 0 Å². The normalized spacial score (nSPS) is 27.9. The maximum absolute atomic E-state index is 12.1. The average molecular weight is 289 g/mol. The van der Waals surface area contributed by atoms with Crippen LogP contribution in [0, 0.1) is 6.92 Å². The van der Waals surface area contributed by atoms with E-state index in [1.807, 2.05) is 0 Å². The number of sulfonamides is 1. The first kappa shape index (κ1) is 14.4. The molecule has 0 saturated carbocycles. The molecule has 19 heavy (non-hydrogen) atoms. The quantitative estimate of drug-likeness (QED) is 0.783. The first-order chi connectivity index (χ1) is 8.74. The van der Waals surface area contributed by atoms with Gasteiger partial charge in [-0.05, 0) is 13.8 Å². The molecule has 0 radical (unpaired) electrons. The Morgan fingerprint density at radius 2 is 2.37 bits per heavy atom. The Labute approximate surface area is 112 Å². The predicted octanol–water partition coefficient (Wildman–Crippen LogP) is -0.453. The Bertz CT molecular complexity index is 549. The van der Waals surface area contributed by atoms with Crippen LogP contribution in [0.4, 0.5) is 0 Å². The lowest BCUT2D eigenvalue weighted by atomic mass is 9.97. The number of aromatic nitrogens is 2. The van der Waals surface area contributed by atoms with E-state index in [1.54, 1.807) is 25.5 Å². The second-order valence-electron chi connectivity index (χ2n) is 4.93. The molecule has 7 nitrogen and oxygen atoms in total. The summed E-state index contributed by atoms with van der Waals surface area (Å²) in [4.78, 5) is 3.97. The third-order valence-corrected chi connectivity index (χ3v) is 4.86. The summed E-state index contributed by atoms with van der Waals surface area (Å²) in [6.45, 7) is 3.81. The third kappa shape index (κ3) is 2.81. The first-order valence-electron chi connectivity index (χ1n) is 6.08. The average Bonchev–Trinajstić information content (AvgIpc) is 2.83. The molecule has 1 fully saturated rings. The summed E-state index contributed by atoms with van der Waals surface area (Å²) >= 11 is 0. The number of rotatable bonds is 4. The Balaban J connectivity index is 2.10. The van der Waals surface area contributed by atoms with Gasteiger partial charge in [0.15, 0.2) is 5.03 Å². The number of nitrogens with zero attached hydrogens (tertiary/aromatic N) is 2. The van der Waals surface area contributed by atoms with E-state index in [4.69, 9.17) is 4.74 Å². The lowest BCUT2D eigenvalue weighted by molar-refractivity contribution is -0.0228. The van der Waals surface area contributed by atoms with Crippen molar-refractivity contribution < 1.29 is 18.3 Å². The van der Waals surface area contributed by atoms with Gasteiger partial charge in [-0.2, -0.15) is 0 Å². The minimum atomic E-state index is -3.71. The number of hydrogen-bond donors (Lipinski definition) is 2. The minimum Gasteiger partial charge on any atom is -0.386 e. The van der Waals surface area contributed by atoms with Gasteiger partial charge in [-0.1, -0.05) is 0 Å². The largest absolute Gasteiger partial charge is 0.386 e. The highest BCUT2D eigenvalue weighted by Crippen LogP contribution is 2.25. The Kier molecular flexibility index (Phi) is 3.69. The monoisotopic (exact) mass is 289 g/mol. The molecule has 1 aromatic heterocycles. The number of nitrogens with one attached hydrogen (secondary N) is 1. The molecule has 1 aliphatic heterocycles. The molecule has 2 heterocycles. The van der Waals surface area contributed by atoms with Crippen molar-refractivity contribution in [2.45, 2.75) is 37.0 Å². The number of aliphatic hydroxyl groups is 1. The molecule has 0 aliphatic carbocycles. The molecule has 2 unspecified atom stereocenters. The standard InChI is InChI=1S/C11H19N3O4S/c1-8-11(15,4-5-18-8)7-12-19(16,17)10-6-14(3)9(2)13-10/h6,8,12,15H,4-5,7H2,1-3H3. The van der Waals surface area contributed by atoms with Crippen LogP contribution in [0.1, 0.15) is 19.2 Å². The topological polar surface area (TPSA) is 93.5 Å². The summed E-state index contributed by atoms with van der Waals surface area (Å²) in [5.74, 6) is 0.608. The molecule has 1 saturated heterocycles. The van der Waals surface area contributed by atoms with Crippen LogP contribution in [0.15, 0.2) is 11.2 Å². The summed E-state index contributed by atoms with van der Waals surface area (Å²) in [5.41, 5.74) is -1.16. The maximum Gasteiger partial charge on any atom is 0.259 e. The van der Waals surface area contributed by atoms with E-state index < -0.39 is 15.6 Å². The van der Waals surface area contributed by atoms with Gasteiger partial charge >= 0.3 is 0 Å². The van der Waals surface area contributed by atoms with E-state index in [0.717, 1.165) is 0 Å². The molecule has 2 rings (SSSR count). The van der Waals surface area contributed by atoms with Gasteiger partial charge in [-0.25, -0.2) is 18.1 Å². The van der Waals surface area contributed by atoms with E-state index in [2.05, 4.69) is 9.71 Å². The van der Waals surface area contributed by atoms with E-state index in [1.165, 1.54) is 6.20 Å². The van der Waals surface area contributed by atoms with Crippen molar-refractivity contribution >= 4 is 10.0 Å². The molecule has 8 heteroatoms. The van der Waals surface area contributed by atoms with Crippen LogP contribution >= 0.6 is 0 Å². The highest BCUT2D eigenvalue weighted by atomic mass is 32.2. The molecule has 1 aliphatic rings. The fourth-order valence-electron chi connectivity index (χ4n) is 1.95. The fourth-order valence-corrected chi connectivity index (χ4v) is 3.09. The van der Waals surface area contributed by atoms with Crippen LogP contribution in [0.2, 0.25) is 0 Å². The second kappa shape index (κ2) is 4.86. The second-order valence-corrected chi connectivity index (χ2v) is 6.64. The van der Waals surface area contributed by atoms with Crippen LogP contribution in [-0.2, 0) is 21.8 Å². The molecule has 2 atom stereocenters. The summed E-state index contributed by atoms with van der Waals surface area (Å²) in [5, 5.41) is 10.2. The van der Waals surface area contributed by atoms with Crippen molar-refractivity contribution in [1.29, 1.82) is 0 Å². The van der Waals surface area contributed by atoms with Crippen LogP contribution < -0.4 is 4.72 Å². The highest BCUT2D eigenvalue weighted by molar-refractivity contribution is 7.89. The van der Waals surface area contributed by atoms with E-state index in [9.17, 15) is 13.5 Å². The van der Waals surface area contributed by atoms with E-state index >= 15 is 0 Å². The lowest BCUT2D eigenvalue weighted by Gasteiger charge is -2.25. The van der Waals surface area contributed by atoms with Crippen molar-refractivity contribution in [2.75, 3.05) is 13.2 Å². The molecule has 0 spiro atoms. The Morgan fingerprint density at radius 1 is 1.68 bits per heavy atom. The van der Waals surface area contributed by atoms with Gasteiger partial charge in [0.05, 0.1) is 6.10 Å². The summed E-state index contributed by atoms with van der Waals surface area (Å²) in [6, 6.07) is 0. The van der Waals surface area contributed by atoms with Crippen molar-refractivity contribution in [3.05, 3.63) is 12.0 Å². The highest BCUT2D eigenvalue weighted by Gasteiger charge is 2.40. The molecule has 1 aromatic rings. The smallest absolute Gasteiger partial charge is 0.259 e.